The Morgan fingerprint density at radius 2 is 1.69 bits per heavy atom. The summed E-state index contributed by atoms with van der Waals surface area (Å²) in [6.45, 7) is 3.35. The SMILES string of the molecule is CC1OCC([N+](=O)[O-])(C(C)(C)[N+](=O)[O-])CO1. The molecular weight excluding hydrogens is 220 g/mol. The van der Waals surface area contributed by atoms with E-state index >= 15 is 0 Å². The van der Waals surface area contributed by atoms with Crippen molar-refractivity contribution in [2.24, 2.45) is 0 Å². The summed E-state index contributed by atoms with van der Waals surface area (Å²) in [5.41, 5.74) is -3.60. The number of rotatable bonds is 3. The fraction of sp³-hybridized carbons (Fsp3) is 1.00. The first-order valence-electron chi connectivity index (χ1n) is 4.76. The zero-order valence-electron chi connectivity index (χ0n) is 9.34. The van der Waals surface area contributed by atoms with Gasteiger partial charge in [-0.2, -0.15) is 0 Å². The van der Waals surface area contributed by atoms with Crippen LogP contribution in [0.2, 0.25) is 0 Å². The Bertz CT molecular complexity index is 308. The molecule has 1 fully saturated rings. The fourth-order valence-corrected chi connectivity index (χ4v) is 1.45. The second kappa shape index (κ2) is 3.95. The molecule has 8 heteroatoms. The van der Waals surface area contributed by atoms with Gasteiger partial charge in [0.05, 0.1) is 0 Å². The van der Waals surface area contributed by atoms with Gasteiger partial charge in [0.15, 0.2) is 6.29 Å². The average Bonchev–Trinajstić information content (AvgIpc) is 2.18. The smallest absolute Gasteiger partial charge is 0.335 e. The van der Waals surface area contributed by atoms with E-state index in [0.717, 1.165) is 0 Å². The van der Waals surface area contributed by atoms with Crippen molar-refractivity contribution in [1.29, 1.82) is 0 Å². The molecule has 0 amide bonds. The molecule has 0 bridgehead atoms. The normalized spacial score (nSPS) is 31.1. The summed E-state index contributed by atoms with van der Waals surface area (Å²) >= 11 is 0. The largest absolute Gasteiger partial charge is 0.345 e. The van der Waals surface area contributed by atoms with Crippen molar-refractivity contribution in [2.45, 2.75) is 38.1 Å². The van der Waals surface area contributed by atoms with Gasteiger partial charge >= 0.3 is 5.54 Å². The van der Waals surface area contributed by atoms with Gasteiger partial charge in [0.2, 0.25) is 0 Å². The number of nitro groups is 2. The molecule has 16 heavy (non-hydrogen) atoms. The summed E-state index contributed by atoms with van der Waals surface area (Å²) < 4.78 is 10.0. The third kappa shape index (κ3) is 1.74. The minimum absolute atomic E-state index is 0.324. The molecule has 0 aromatic carbocycles. The van der Waals surface area contributed by atoms with Crippen molar-refractivity contribution >= 4 is 0 Å². The molecule has 0 radical (unpaired) electrons. The van der Waals surface area contributed by atoms with E-state index in [1.54, 1.807) is 6.92 Å². The van der Waals surface area contributed by atoms with Gasteiger partial charge in [-0.05, 0) is 6.92 Å². The van der Waals surface area contributed by atoms with Crippen LogP contribution in [0.5, 0.6) is 0 Å². The Morgan fingerprint density at radius 3 is 2.00 bits per heavy atom. The second-order valence-electron chi connectivity index (χ2n) is 4.29. The molecule has 8 nitrogen and oxygen atoms in total. The lowest BCUT2D eigenvalue weighted by atomic mass is 9.81. The van der Waals surface area contributed by atoms with Crippen LogP contribution >= 0.6 is 0 Å². The van der Waals surface area contributed by atoms with Gasteiger partial charge < -0.3 is 9.47 Å². The van der Waals surface area contributed by atoms with E-state index in [9.17, 15) is 20.2 Å². The number of hydrogen-bond donors (Lipinski definition) is 0. The minimum atomic E-state index is -1.84. The highest BCUT2D eigenvalue weighted by Crippen LogP contribution is 2.32. The molecule has 0 atom stereocenters. The van der Waals surface area contributed by atoms with Crippen molar-refractivity contribution < 1.29 is 19.3 Å². The zero-order chi connectivity index (χ0) is 12.6. The van der Waals surface area contributed by atoms with Gasteiger partial charge in [-0.1, -0.05) is 0 Å². The molecule has 0 aliphatic carbocycles. The molecule has 0 spiro atoms. The first-order chi connectivity index (χ1) is 7.24. The molecule has 0 aromatic rings. The van der Waals surface area contributed by atoms with Crippen molar-refractivity contribution in [3.63, 3.8) is 0 Å². The standard InChI is InChI=1S/C8H14N2O6/c1-6-15-4-8(5-16-6,10(13)14)7(2,3)9(11)12/h6H,4-5H2,1-3H3. The predicted octanol–water partition coefficient (Wildman–Crippen LogP) is 0.450. The molecule has 1 aliphatic rings. The highest BCUT2D eigenvalue weighted by Gasteiger charge is 2.67. The van der Waals surface area contributed by atoms with Gasteiger partial charge in [-0.25, -0.2) is 0 Å². The monoisotopic (exact) mass is 234 g/mol. The van der Waals surface area contributed by atoms with Crippen molar-refractivity contribution in [3.05, 3.63) is 20.2 Å². The van der Waals surface area contributed by atoms with E-state index < -0.39 is 27.2 Å². The molecule has 0 N–H and O–H groups in total. The van der Waals surface area contributed by atoms with E-state index in [1.807, 2.05) is 0 Å². The second-order valence-corrected chi connectivity index (χ2v) is 4.29. The number of nitrogens with zero attached hydrogens (tertiary/aromatic N) is 2. The van der Waals surface area contributed by atoms with Crippen LogP contribution in [0, 0.1) is 20.2 Å². The molecule has 0 aromatic heterocycles. The molecule has 0 saturated carbocycles. The average molecular weight is 234 g/mol. The summed E-state index contributed by atoms with van der Waals surface area (Å²) in [6, 6.07) is 0. The predicted molar refractivity (Wildman–Crippen MR) is 52.2 cm³/mol. The Morgan fingerprint density at radius 1 is 1.25 bits per heavy atom. The Kier molecular flexibility index (Phi) is 3.15. The Balaban J connectivity index is 3.08. The number of ether oxygens (including phenoxy) is 2. The summed E-state index contributed by atoms with van der Waals surface area (Å²) in [5.74, 6) is 0. The third-order valence-corrected chi connectivity index (χ3v) is 3.06. The van der Waals surface area contributed by atoms with E-state index in [2.05, 4.69) is 0 Å². The topological polar surface area (TPSA) is 105 Å². The van der Waals surface area contributed by atoms with E-state index in [0.29, 0.717) is 0 Å². The van der Waals surface area contributed by atoms with Crippen molar-refractivity contribution in [3.8, 4) is 0 Å². The summed E-state index contributed by atoms with van der Waals surface area (Å²) in [7, 11) is 0. The van der Waals surface area contributed by atoms with Crippen molar-refractivity contribution in [2.75, 3.05) is 13.2 Å². The molecule has 0 unspecified atom stereocenters. The van der Waals surface area contributed by atoms with Gasteiger partial charge in [-0.3, -0.25) is 20.2 Å². The van der Waals surface area contributed by atoms with Crippen LogP contribution in [-0.2, 0) is 9.47 Å². The van der Waals surface area contributed by atoms with Crippen LogP contribution in [0.25, 0.3) is 0 Å². The maximum absolute atomic E-state index is 11.1. The van der Waals surface area contributed by atoms with E-state index in [-0.39, 0.29) is 13.2 Å². The van der Waals surface area contributed by atoms with E-state index in [4.69, 9.17) is 9.47 Å². The lowest BCUT2D eigenvalue weighted by Gasteiger charge is -2.36. The lowest BCUT2D eigenvalue weighted by molar-refractivity contribution is -0.691. The third-order valence-electron chi connectivity index (χ3n) is 3.06. The molecule has 1 saturated heterocycles. The highest BCUT2D eigenvalue weighted by atomic mass is 16.7. The molecule has 1 heterocycles. The van der Waals surface area contributed by atoms with Gasteiger partial charge in [0.1, 0.15) is 13.2 Å². The molecular formula is C8H14N2O6. The zero-order valence-corrected chi connectivity index (χ0v) is 9.34. The van der Waals surface area contributed by atoms with Gasteiger partial charge in [0, 0.05) is 23.7 Å². The van der Waals surface area contributed by atoms with Crippen LogP contribution in [-0.4, -0.2) is 40.4 Å². The minimum Gasteiger partial charge on any atom is -0.345 e. The van der Waals surface area contributed by atoms with Crippen LogP contribution in [0.15, 0.2) is 0 Å². The summed E-state index contributed by atoms with van der Waals surface area (Å²) in [4.78, 5) is 20.6. The van der Waals surface area contributed by atoms with Crippen molar-refractivity contribution in [1.82, 2.24) is 0 Å². The van der Waals surface area contributed by atoms with Gasteiger partial charge in [-0.15, -0.1) is 0 Å². The first-order valence-corrected chi connectivity index (χ1v) is 4.76. The fourth-order valence-electron chi connectivity index (χ4n) is 1.45. The maximum Gasteiger partial charge on any atom is 0.335 e. The van der Waals surface area contributed by atoms with Crippen LogP contribution < -0.4 is 0 Å². The van der Waals surface area contributed by atoms with Crippen LogP contribution in [0.3, 0.4) is 0 Å². The Hall–Kier alpha value is -1.28. The first kappa shape index (κ1) is 12.8. The molecule has 1 rings (SSSR count). The molecule has 92 valence electrons. The lowest BCUT2D eigenvalue weighted by Crippen LogP contribution is -2.67. The number of hydrogen-bond acceptors (Lipinski definition) is 6. The van der Waals surface area contributed by atoms with E-state index in [1.165, 1.54) is 13.8 Å². The summed E-state index contributed by atoms with van der Waals surface area (Å²) in [5, 5.41) is 22.0. The van der Waals surface area contributed by atoms with Crippen LogP contribution in [0.1, 0.15) is 20.8 Å². The maximum atomic E-state index is 11.1. The summed E-state index contributed by atoms with van der Waals surface area (Å²) in [6.07, 6.45) is -0.573. The molecule has 1 aliphatic heterocycles. The van der Waals surface area contributed by atoms with Crippen LogP contribution in [0.4, 0.5) is 0 Å². The quantitative estimate of drug-likeness (QED) is 0.518. The highest BCUT2D eigenvalue weighted by molar-refractivity contribution is 4.96. The van der Waals surface area contributed by atoms with Gasteiger partial charge in [0.25, 0.3) is 5.54 Å². The Labute approximate surface area is 91.8 Å².